The molecule has 0 atom stereocenters. The Morgan fingerprint density at radius 1 is 0.423 bits per heavy atom. The smallest absolute Gasteiger partial charge is 0.162 e. The van der Waals surface area contributed by atoms with E-state index in [-0.39, 0.29) is 0 Å². The minimum Gasteiger partial charge on any atom is -0.309 e. The highest BCUT2D eigenvalue weighted by Crippen LogP contribution is 2.39. The molecule has 52 heavy (non-hydrogen) atoms. The Kier molecular flexibility index (Phi) is 6.80. The van der Waals surface area contributed by atoms with Gasteiger partial charge in [-0.05, 0) is 60.7 Å². The molecule has 3 heterocycles. The number of fused-ring (bicyclic) bond motifs is 6. The fraction of sp³-hybridized carbons (Fsp3) is 0. The summed E-state index contributed by atoms with van der Waals surface area (Å²) in [6.45, 7) is 0. The monoisotopic (exact) mass is 663 g/mol. The van der Waals surface area contributed by atoms with Crippen molar-refractivity contribution in [3.63, 3.8) is 0 Å². The van der Waals surface area contributed by atoms with Gasteiger partial charge in [0.1, 0.15) is 0 Å². The molecule has 3 aromatic heterocycles. The van der Waals surface area contributed by atoms with Crippen molar-refractivity contribution >= 4 is 43.6 Å². The van der Waals surface area contributed by atoms with Crippen molar-refractivity contribution < 1.29 is 0 Å². The zero-order valence-corrected chi connectivity index (χ0v) is 28.0. The van der Waals surface area contributed by atoms with Crippen molar-refractivity contribution in [2.45, 2.75) is 0 Å². The van der Waals surface area contributed by atoms with E-state index in [0.717, 1.165) is 61.3 Å². The number of rotatable bonds is 5. The molecule has 5 nitrogen and oxygen atoms in total. The number of hydrogen-bond donors (Lipinski definition) is 0. The molecule has 0 aliphatic rings. The Bertz CT molecular complexity index is 2910. The van der Waals surface area contributed by atoms with Crippen molar-refractivity contribution in [1.29, 1.82) is 5.26 Å². The lowest BCUT2D eigenvalue weighted by molar-refractivity contribution is 1.13. The third-order valence-electron chi connectivity index (χ3n) is 9.97. The summed E-state index contributed by atoms with van der Waals surface area (Å²) in [7, 11) is 0. The lowest BCUT2D eigenvalue weighted by Crippen LogP contribution is -2.02. The van der Waals surface area contributed by atoms with Crippen molar-refractivity contribution in [2.24, 2.45) is 0 Å². The predicted octanol–water partition coefficient (Wildman–Crippen LogP) is 11.5. The van der Waals surface area contributed by atoms with Crippen LogP contribution in [0.2, 0.25) is 0 Å². The van der Waals surface area contributed by atoms with Crippen molar-refractivity contribution in [1.82, 2.24) is 19.1 Å². The molecule has 0 N–H and O–H groups in total. The van der Waals surface area contributed by atoms with E-state index >= 15 is 0 Å². The summed E-state index contributed by atoms with van der Waals surface area (Å²) >= 11 is 0. The van der Waals surface area contributed by atoms with E-state index in [4.69, 9.17) is 9.97 Å². The molecule has 242 valence electrons. The quantitative estimate of drug-likeness (QED) is 0.184. The maximum Gasteiger partial charge on any atom is 0.162 e. The molecule has 7 aromatic carbocycles. The molecule has 0 saturated heterocycles. The first-order valence-corrected chi connectivity index (χ1v) is 17.3. The molecule has 10 rings (SSSR count). The van der Waals surface area contributed by atoms with Gasteiger partial charge in [0.25, 0.3) is 0 Å². The third-order valence-corrected chi connectivity index (χ3v) is 9.97. The van der Waals surface area contributed by atoms with Gasteiger partial charge in [-0.3, -0.25) is 0 Å². The van der Waals surface area contributed by atoms with Gasteiger partial charge in [-0.2, -0.15) is 5.26 Å². The largest absolute Gasteiger partial charge is 0.309 e. The Morgan fingerprint density at radius 3 is 1.50 bits per heavy atom. The van der Waals surface area contributed by atoms with Gasteiger partial charge in [-0.15, -0.1) is 0 Å². The summed E-state index contributed by atoms with van der Waals surface area (Å²) in [5.41, 5.74) is 11.4. The number of aromatic nitrogens is 4. The van der Waals surface area contributed by atoms with Gasteiger partial charge in [-0.25, -0.2) is 9.97 Å². The third kappa shape index (κ3) is 4.70. The van der Waals surface area contributed by atoms with E-state index < -0.39 is 0 Å². The fourth-order valence-electron chi connectivity index (χ4n) is 7.62. The number of nitrogens with zero attached hydrogens (tertiary/aromatic N) is 5. The van der Waals surface area contributed by atoms with E-state index in [1.807, 2.05) is 60.7 Å². The Labute approximate surface area is 299 Å². The standard InChI is InChI=1S/C47H29N5/c48-30-31-23-25-38(47-49-40(32-13-3-1-4-14-32)29-41(50-47)33-15-5-2-6-16-33)46(27-31)52-44-22-12-9-19-37(44)39-28-34(24-26-45(39)52)51-42-20-10-7-17-35(42)36-18-8-11-21-43(36)51/h1-29H. The highest BCUT2D eigenvalue weighted by Gasteiger charge is 2.21. The van der Waals surface area contributed by atoms with Crippen LogP contribution in [0.4, 0.5) is 0 Å². The van der Waals surface area contributed by atoms with Crippen LogP contribution in [0.3, 0.4) is 0 Å². The molecular formula is C47H29N5. The predicted molar refractivity (Wildman–Crippen MR) is 212 cm³/mol. The molecule has 0 bridgehead atoms. The highest BCUT2D eigenvalue weighted by molar-refractivity contribution is 6.12. The van der Waals surface area contributed by atoms with Crippen LogP contribution < -0.4 is 0 Å². The molecule has 0 saturated carbocycles. The Morgan fingerprint density at radius 2 is 0.923 bits per heavy atom. The lowest BCUT2D eigenvalue weighted by Gasteiger charge is -2.16. The fourth-order valence-corrected chi connectivity index (χ4v) is 7.62. The molecule has 0 fully saturated rings. The van der Waals surface area contributed by atoms with Gasteiger partial charge in [0.15, 0.2) is 5.82 Å². The topological polar surface area (TPSA) is 59.4 Å². The maximum atomic E-state index is 10.2. The van der Waals surface area contributed by atoms with Crippen LogP contribution in [0.25, 0.3) is 88.9 Å². The van der Waals surface area contributed by atoms with Crippen LogP contribution in [-0.2, 0) is 0 Å². The molecule has 0 aliphatic carbocycles. The van der Waals surface area contributed by atoms with Crippen LogP contribution in [-0.4, -0.2) is 19.1 Å². The minimum atomic E-state index is 0.564. The number of benzene rings is 7. The van der Waals surface area contributed by atoms with E-state index in [9.17, 15) is 5.26 Å². The first-order chi connectivity index (χ1) is 25.7. The molecule has 10 aromatic rings. The maximum absolute atomic E-state index is 10.2. The summed E-state index contributed by atoms with van der Waals surface area (Å²) in [6, 6.07) is 63.0. The van der Waals surface area contributed by atoms with Gasteiger partial charge in [0, 0.05) is 43.9 Å². The summed E-state index contributed by atoms with van der Waals surface area (Å²) < 4.78 is 4.61. The SMILES string of the molecule is N#Cc1ccc(-c2nc(-c3ccccc3)cc(-c3ccccc3)n2)c(-n2c3ccccc3c3cc(-n4c5ccccc5c5ccccc54)ccc32)c1. The van der Waals surface area contributed by atoms with Gasteiger partial charge >= 0.3 is 0 Å². The van der Waals surface area contributed by atoms with Crippen molar-refractivity contribution in [2.75, 3.05) is 0 Å². The summed E-state index contributed by atoms with van der Waals surface area (Å²) in [5, 5.41) is 14.9. The number of para-hydroxylation sites is 3. The first-order valence-electron chi connectivity index (χ1n) is 17.3. The minimum absolute atomic E-state index is 0.564. The van der Waals surface area contributed by atoms with Crippen molar-refractivity contribution in [3.05, 3.63) is 181 Å². The van der Waals surface area contributed by atoms with Crippen molar-refractivity contribution in [3.8, 4) is 51.3 Å². The average Bonchev–Trinajstić information content (AvgIpc) is 3.73. The second-order valence-corrected chi connectivity index (χ2v) is 13.0. The number of hydrogen-bond acceptors (Lipinski definition) is 3. The summed E-state index contributed by atoms with van der Waals surface area (Å²) in [5.74, 6) is 0.590. The molecular weight excluding hydrogens is 635 g/mol. The summed E-state index contributed by atoms with van der Waals surface area (Å²) in [4.78, 5) is 10.4. The molecule has 0 unspecified atom stereocenters. The first kappa shape index (κ1) is 29.6. The molecule has 0 radical (unpaired) electrons. The van der Waals surface area contributed by atoms with Crippen LogP contribution in [0.15, 0.2) is 176 Å². The van der Waals surface area contributed by atoms with Gasteiger partial charge in [0.2, 0.25) is 0 Å². The van der Waals surface area contributed by atoms with Crippen LogP contribution in [0, 0.1) is 11.3 Å². The molecule has 0 aliphatic heterocycles. The van der Waals surface area contributed by atoms with Gasteiger partial charge in [-0.1, -0.05) is 115 Å². The Balaban J connectivity index is 1.24. The second-order valence-electron chi connectivity index (χ2n) is 13.0. The highest BCUT2D eigenvalue weighted by atomic mass is 15.0. The van der Waals surface area contributed by atoms with Crippen LogP contribution >= 0.6 is 0 Å². The number of nitriles is 1. The zero-order chi connectivity index (χ0) is 34.6. The van der Waals surface area contributed by atoms with Gasteiger partial charge in [0.05, 0.1) is 50.8 Å². The zero-order valence-electron chi connectivity index (χ0n) is 28.0. The van der Waals surface area contributed by atoms with E-state index in [0.29, 0.717) is 11.4 Å². The van der Waals surface area contributed by atoms with E-state index in [1.165, 1.54) is 21.8 Å². The second kappa shape index (κ2) is 11.9. The molecule has 5 heteroatoms. The van der Waals surface area contributed by atoms with E-state index in [1.54, 1.807) is 0 Å². The van der Waals surface area contributed by atoms with E-state index in [2.05, 4.69) is 130 Å². The average molecular weight is 664 g/mol. The van der Waals surface area contributed by atoms with Crippen LogP contribution in [0.5, 0.6) is 0 Å². The normalized spacial score (nSPS) is 11.4. The molecule has 0 amide bonds. The Hall–Kier alpha value is -7.29. The molecule has 0 spiro atoms. The van der Waals surface area contributed by atoms with Gasteiger partial charge < -0.3 is 9.13 Å². The lowest BCUT2D eigenvalue weighted by atomic mass is 10.0. The van der Waals surface area contributed by atoms with Crippen LogP contribution in [0.1, 0.15) is 5.56 Å². The summed E-state index contributed by atoms with van der Waals surface area (Å²) in [6.07, 6.45) is 0.